The molecule has 1 aromatic heterocycles. The van der Waals surface area contributed by atoms with Gasteiger partial charge in [-0.2, -0.15) is 0 Å². The molecule has 0 aromatic carbocycles. The van der Waals surface area contributed by atoms with Gasteiger partial charge in [-0.3, -0.25) is 4.79 Å². The van der Waals surface area contributed by atoms with Crippen LogP contribution in [0.4, 0.5) is 0 Å². The Kier molecular flexibility index (Phi) is 6.62. The third kappa shape index (κ3) is 4.87. The van der Waals surface area contributed by atoms with Gasteiger partial charge in [-0.1, -0.05) is 0 Å². The molecule has 1 saturated heterocycles. The lowest BCUT2D eigenvalue weighted by molar-refractivity contribution is -0.696. The molecule has 112 valence electrons. The van der Waals surface area contributed by atoms with Crippen molar-refractivity contribution < 1.29 is 31.1 Å². The van der Waals surface area contributed by atoms with E-state index in [0.29, 0.717) is 19.5 Å². The van der Waals surface area contributed by atoms with Crippen LogP contribution in [0, 0.1) is 6.92 Å². The monoisotopic (exact) mass is 342 g/mol. The van der Waals surface area contributed by atoms with Crippen molar-refractivity contribution in [2.45, 2.75) is 45.9 Å². The van der Waals surface area contributed by atoms with Gasteiger partial charge in [0.2, 0.25) is 5.91 Å². The van der Waals surface area contributed by atoms with Crippen molar-refractivity contribution in [3.8, 4) is 0 Å². The Hall–Kier alpha value is -0.940. The first-order chi connectivity index (χ1) is 9.04. The number of aryl methyl sites for hydroxylation is 2. The van der Waals surface area contributed by atoms with Crippen LogP contribution in [-0.4, -0.2) is 36.1 Å². The highest BCUT2D eigenvalue weighted by Gasteiger charge is 2.26. The standard InChI is InChI=1S/C15H23N2O2.BrH/c1-12-4-7-16(8-5-12)9-6-15(18)17-10-13(2)19-14(3)11-17;/h4-5,7-8,13-14H,6,9-11H2,1-3H3;1H/q+1;/p-1. The van der Waals surface area contributed by atoms with Crippen LogP contribution in [0.3, 0.4) is 0 Å². The van der Waals surface area contributed by atoms with Crippen LogP contribution in [0.5, 0.6) is 0 Å². The number of carbonyl (C=O) groups excluding carboxylic acids is 1. The van der Waals surface area contributed by atoms with E-state index in [9.17, 15) is 4.79 Å². The van der Waals surface area contributed by atoms with E-state index in [-0.39, 0.29) is 35.1 Å². The molecule has 1 aliphatic rings. The molecule has 1 amide bonds. The van der Waals surface area contributed by atoms with Crippen LogP contribution in [0.1, 0.15) is 25.8 Å². The minimum Gasteiger partial charge on any atom is -1.00 e. The second-order valence-corrected chi connectivity index (χ2v) is 5.42. The Morgan fingerprint density at radius 3 is 2.40 bits per heavy atom. The van der Waals surface area contributed by atoms with Gasteiger partial charge in [0.05, 0.1) is 18.6 Å². The molecule has 1 aromatic rings. The van der Waals surface area contributed by atoms with Crippen LogP contribution in [-0.2, 0) is 16.1 Å². The number of hydrogen-bond donors (Lipinski definition) is 0. The molecular weight excluding hydrogens is 320 g/mol. The van der Waals surface area contributed by atoms with Gasteiger partial charge in [0.15, 0.2) is 18.9 Å². The lowest BCUT2D eigenvalue weighted by atomic mass is 10.2. The van der Waals surface area contributed by atoms with Gasteiger partial charge in [-0.15, -0.1) is 0 Å². The number of aromatic nitrogens is 1. The van der Waals surface area contributed by atoms with Crippen LogP contribution >= 0.6 is 0 Å². The van der Waals surface area contributed by atoms with E-state index in [1.54, 1.807) is 0 Å². The summed E-state index contributed by atoms with van der Waals surface area (Å²) in [5.41, 5.74) is 1.23. The third-order valence-electron chi connectivity index (χ3n) is 3.41. The van der Waals surface area contributed by atoms with Crippen molar-refractivity contribution in [3.63, 3.8) is 0 Å². The summed E-state index contributed by atoms with van der Waals surface area (Å²) in [6.45, 7) is 8.25. The first-order valence-corrected chi connectivity index (χ1v) is 6.93. The quantitative estimate of drug-likeness (QED) is 0.614. The Morgan fingerprint density at radius 2 is 1.85 bits per heavy atom. The largest absolute Gasteiger partial charge is 1.00 e. The molecule has 1 fully saturated rings. The zero-order valence-corrected chi connectivity index (χ0v) is 14.0. The number of morpholine rings is 1. The molecule has 0 N–H and O–H groups in total. The first kappa shape index (κ1) is 17.1. The van der Waals surface area contributed by atoms with E-state index in [0.717, 1.165) is 6.54 Å². The number of rotatable bonds is 3. The van der Waals surface area contributed by atoms with Gasteiger partial charge in [0, 0.05) is 25.2 Å². The zero-order valence-electron chi connectivity index (χ0n) is 12.4. The van der Waals surface area contributed by atoms with Crippen molar-refractivity contribution in [3.05, 3.63) is 30.1 Å². The lowest BCUT2D eigenvalue weighted by Gasteiger charge is -2.35. The highest BCUT2D eigenvalue weighted by molar-refractivity contribution is 5.76. The van der Waals surface area contributed by atoms with Gasteiger partial charge < -0.3 is 26.6 Å². The number of carbonyl (C=O) groups is 1. The number of nitrogens with zero attached hydrogens (tertiary/aromatic N) is 2. The molecule has 5 heteroatoms. The van der Waals surface area contributed by atoms with E-state index in [1.165, 1.54) is 5.56 Å². The van der Waals surface area contributed by atoms with Gasteiger partial charge in [-0.05, 0) is 26.3 Å². The molecule has 0 aliphatic carbocycles. The third-order valence-corrected chi connectivity index (χ3v) is 3.41. The summed E-state index contributed by atoms with van der Waals surface area (Å²) in [6.07, 6.45) is 4.87. The minimum absolute atomic E-state index is 0. The Bertz CT molecular complexity index is 426. The fraction of sp³-hybridized carbons (Fsp3) is 0.600. The lowest BCUT2D eigenvalue weighted by Crippen LogP contribution is -3.00. The maximum Gasteiger partial charge on any atom is 0.229 e. The highest BCUT2D eigenvalue weighted by Crippen LogP contribution is 2.11. The number of amides is 1. The molecule has 2 rings (SSSR count). The van der Waals surface area contributed by atoms with Crippen molar-refractivity contribution in [1.29, 1.82) is 0 Å². The van der Waals surface area contributed by atoms with Gasteiger partial charge in [0.25, 0.3) is 0 Å². The molecule has 2 heterocycles. The number of pyridine rings is 1. The average Bonchev–Trinajstić information content (AvgIpc) is 2.36. The molecular formula is C15H23BrN2O2. The molecule has 0 spiro atoms. The fourth-order valence-corrected chi connectivity index (χ4v) is 2.45. The van der Waals surface area contributed by atoms with Gasteiger partial charge >= 0.3 is 0 Å². The Labute approximate surface area is 131 Å². The summed E-state index contributed by atoms with van der Waals surface area (Å²) < 4.78 is 7.70. The molecule has 2 atom stereocenters. The van der Waals surface area contributed by atoms with Crippen LogP contribution in [0.15, 0.2) is 24.5 Å². The molecule has 0 bridgehead atoms. The highest BCUT2D eigenvalue weighted by atomic mass is 79.9. The van der Waals surface area contributed by atoms with Crippen molar-refractivity contribution in [2.75, 3.05) is 13.1 Å². The van der Waals surface area contributed by atoms with Crippen LogP contribution in [0.2, 0.25) is 0 Å². The van der Waals surface area contributed by atoms with E-state index in [4.69, 9.17) is 4.74 Å². The minimum atomic E-state index is 0. The SMILES string of the molecule is Cc1cc[n+](CCC(=O)N2CC(C)OC(C)C2)cc1.[Br-]. The Morgan fingerprint density at radius 1 is 1.30 bits per heavy atom. The smallest absolute Gasteiger partial charge is 0.229 e. The maximum atomic E-state index is 12.2. The summed E-state index contributed by atoms with van der Waals surface area (Å²) >= 11 is 0. The molecule has 0 radical (unpaired) electrons. The Balaban J connectivity index is 0.00000200. The number of halogens is 1. The molecule has 2 unspecified atom stereocenters. The van der Waals surface area contributed by atoms with E-state index < -0.39 is 0 Å². The number of hydrogen-bond acceptors (Lipinski definition) is 2. The summed E-state index contributed by atoms with van der Waals surface area (Å²) in [5.74, 6) is 0.218. The van der Waals surface area contributed by atoms with Crippen LogP contribution < -0.4 is 21.5 Å². The topological polar surface area (TPSA) is 33.4 Å². The van der Waals surface area contributed by atoms with Crippen LogP contribution in [0.25, 0.3) is 0 Å². The normalized spacial score (nSPS) is 22.2. The molecule has 1 aliphatic heterocycles. The van der Waals surface area contributed by atoms with Crippen molar-refractivity contribution in [2.24, 2.45) is 0 Å². The van der Waals surface area contributed by atoms with Gasteiger partial charge in [-0.25, -0.2) is 4.57 Å². The summed E-state index contributed by atoms with van der Waals surface area (Å²) in [4.78, 5) is 14.1. The second-order valence-electron chi connectivity index (χ2n) is 5.42. The van der Waals surface area contributed by atoms with Crippen molar-refractivity contribution in [1.82, 2.24) is 4.90 Å². The van der Waals surface area contributed by atoms with Gasteiger partial charge in [0.1, 0.15) is 0 Å². The second kappa shape index (κ2) is 7.74. The zero-order chi connectivity index (χ0) is 13.8. The first-order valence-electron chi connectivity index (χ1n) is 6.93. The number of ether oxygens (including phenoxy) is 1. The predicted octanol–water partition coefficient (Wildman–Crippen LogP) is -1.69. The summed E-state index contributed by atoms with van der Waals surface area (Å²) in [7, 11) is 0. The van der Waals surface area contributed by atoms with E-state index >= 15 is 0 Å². The predicted molar refractivity (Wildman–Crippen MR) is 72.6 cm³/mol. The average molecular weight is 343 g/mol. The summed E-state index contributed by atoms with van der Waals surface area (Å²) in [5, 5.41) is 0. The molecule has 20 heavy (non-hydrogen) atoms. The molecule has 0 saturated carbocycles. The van der Waals surface area contributed by atoms with Crippen molar-refractivity contribution >= 4 is 5.91 Å². The van der Waals surface area contributed by atoms with E-state index in [2.05, 4.69) is 23.6 Å². The fourth-order valence-electron chi connectivity index (χ4n) is 2.45. The molecule has 4 nitrogen and oxygen atoms in total. The van der Waals surface area contributed by atoms with E-state index in [1.807, 2.05) is 31.1 Å². The summed E-state index contributed by atoms with van der Waals surface area (Å²) in [6, 6.07) is 4.12. The maximum absolute atomic E-state index is 12.2.